The maximum atomic E-state index is 4.66. The van der Waals surface area contributed by atoms with E-state index in [1.807, 2.05) is 6.20 Å². The maximum absolute atomic E-state index is 4.66. The Balaban J connectivity index is 1.94. The molecule has 0 amide bonds. The smallest absolute Gasteiger partial charge is 0.131 e. The van der Waals surface area contributed by atoms with Crippen molar-refractivity contribution in [1.82, 2.24) is 15.3 Å². The predicted octanol–water partition coefficient (Wildman–Crippen LogP) is 1.80. The molecule has 0 radical (unpaired) electrons. The fraction of sp³-hybridized carbons (Fsp3) is 0.600. The zero-order chi connectivity index (χ0) is 9.54. The Kier molecular flexibility index (Phi) is 2.06. The summed E-state index contributed by atoms with van der Waals surface area (Å²) >= 11 is 3.52. The summed E-state index contributed by atoms with van der Waals surface area (Å²) in [5, 5.41) is 3.27. The quantitative estimate of drug-likeness (QED) is 0.874. The first-order valence-corrected chi connectivity index (χ1v) is 5.87. The minimum absolute atomic E-state index is 0.588. The van der Waals surface area contributed by atoms with Crippen LogP contribution < -0.4 is 5.32 Å². The molecule has 1 saturated carbocycles. The zero-order valence-electron chi connectivity index (χ0n) is 7.83. The number of nitrogens with one attached hydrogen (secondary N) is 1. The summed E-state index contributed by atoms with van der Waals surface area (Å²) in [6.07, 6.45) is 4.45. The van der Waals surface area contributed by atoms with Gasteiger partial charge in [0.1, 0.15) is 5.82 Å². The summed E-state index contributed by atoms with van der Waals surface area (Å²) in [5.74, 6) is 2.29. The van der Waals surface area contributed by atoms with Crippen molar-refractivity contribution >= 4 is 15.9 Å². The molecule has 3 rings (SSSR count). The van der Waals surface area contributed by atoms with E-state index in [1.54, 1.807) is 0 Å². The third kappa shape index (κ3) is 1.46. The van der Waals surface area contributed by atoms with Crippen LogP contribution in [0, 0.1) is 0 Å². The first-order valence-electron chi connectivity index (χ1n) is 5.07. The van der Waals surface area contributed by atoms with E-state index in [1.165, 1.54) is 18.5 Å². The highest BCUT2D eigenvalue weighted by Crippen LogP contribution is 2.39. The van der Waals surface area contributed by atoms with Gasteiger partial charge < -0.3 is 5.32 Å². The van der Waals surface area contributed by atoms with Crippen LogP contribution in [0.2, 0.25) is 0 Å². The summed E-state index contributed by atoms with van der Waals surface area (Å²) in [4.78, 5) is 9.02. The standard InChI is InChI=1S/C10H12BrN3/c11-8-5-13-10(6-1-2-6)14-9(8)7-3-12-4-7/h5-7,12H,1-4H2. The van der Waals surface area contributed by atoms with Gasteiger partial charge in [0, 0.05) is 31.1 Å². The van der Waals surface area contributed by atoms with Crippen LogP contribution in [0.15, 0.2) is 10.7 Å². The molecule has 0 aromatic carbocycles. The van der Waals surface area contributed by atoms with Crippen molar-refractivity contribution in [2.45, 2.75) is 24.7 Å². The molecule has 14 heavy (non-hydrogen) atoms. The molecule has 1 saturated heterocycles. The van der Waals surface area contributed by atoms with E-state index in [-0.39, 0.29) is 0 Å². The summed E-state index contributed by atoms with van der Waals surface area (Å²) < 4.78 is 1.06. The SMILES string of the molecule is Brc1cnc(C2CC2)nc1C1CNC1. The molecule has 0 atom stereocenters. The lowest BCUT2D eigenvalue weighted by Gasteiger charge is -2.27. The number of hydrogen-bond acceptors (Lipinski definition) is 3. The van der Waals surface area contributed by atoms with Crippen molar-refractivity contribution in [2.24, 2.45) is 0 Å². The van der Waals surface area contributed by atoms with Crippen LogP contribution in [-0.2, 0) is 0 Å². The molecule has 2 fully saturated rings. The lowest BCUT2D eigenvalue weighted by atomic mass is 9.99. The molecule has 2 aliphatic rings. The third-order valence-electron chi connectivity index (χ3n) is 2.90. The fourth-order valence-corrected chi connectivity index (χ4v) is 2.22. The number of aromatic nitrogens is 2. The zero-order valence-corrected chi connectivity index (χ0v) is 9.42. The monoisotopic (exact) mass is 253 g/mol. The second-order valence-electron chi connectivity index (χ2n) is 4.09. The van der Waals surface area contributed by atoms with Gasteiger partial charge in [-0.1, -0.05) is 0 Å². The number of halogens is 1. The van der Waals surface area contributed by atoms with Gasteiger partial charge in [-0.25, -0.2) is 9.97 Å². The average molecular weight is 254 g/mol. The molecule has 0 spiro atoms. The molecule has 1 aromatic heterocycles. The predicted molar refractivity (Wildman–Crippen MR) is 57.3 cm³/mol. The maximum Gasteiger partial charge on any atom is 0.131 e. The topological polar surface area (TPSA) is 37.8 Å². The molecule has 0 bridgehead atoms. The highest BCUT2D eigenvalue weighted by molar-refractivity contribution is 9.10. The molecule has 74 valence electrons. The summed E-state index contributed by atoms with van der Waals surface area (Å²) in [7, 11) is 0. The molecule has 1 aliphatic carbocycles. The van der Waals surface area contributed by atoms with Crippen molar-refractivity contribution in [3.63, 3.8) is 0 Å². The van der Waals surface area contributed by atoms with E-state index in [0.717, 1.165) is 23.4 Å². The molecular formula is C10H12BrN3. The van der Waals surface area contributed by atoms with Crippen molar-refractivity contribution in [1.29, 1.82) is 0 Å². The van der Waals surface area contributed by atoms with Crippen LogP contribution in [0.4, 0.5) is 0 Å². The van der Waals surface area contributed by atoms with E-state index < -0.39 is 0 Å². The van der Waals surface area contributed by atoms with E-state index in [9.17, 15) is 0 Å². The van der Waals surface area contributed by atoms with E-state index in [2.05, 4.69) is 31.2 Å². The summed E-state index contributed by atoms with van der Waals surface area (Å²) in [6, 6.07) is 0. The van der Waals surface area contributed by atoms with Gasteiger partial charge in [0.05, 0.1) is 10.2 Å². The Morgan fingerprint density at radius 2 is 2.07 bits per heavy atom. The normalized spacial score (nSPS) is 22.1. The van der Waals surface area contributed by atoms with E-state index in [0.29, 0.717) is 11.8 Å². The van der Waals surface area contributed by atoms with Gasteiger partial charge >= 0.3 is 0 Å². The van der Waals surface area contributed by atoms with Crippen molar-refractivity contribution in [3.8, 4) is 0 Å². The van der Waals surface area contributed by atoms with Crippen LogP contribution in [-0.4, -0.2) is 23.1 Å². The Hall–Kier alpha value is -0.480. The van der Waals surface area contributed by atoms with Gasteiger partial charge in [-0.15, -0.1) is 0 Å². The first-order chi connectivity index (χ1) is 6.84. The van der Waals surface area contributed by atoms with Gasteiger partial charge in [0.25, 0.3) is 0 Å². The van der Waals surface area contributed by atoms with Crippen LogP contribution >= 0.6 is 15.9 Å². The fourth-order valence-electron chi connectivity index (χ4n) is 1.70. The molecule has 2 heterocycles. The molecule has 1 N–H and O–H groups in total. The Morgan fingerprint density at radius 3 is 2.64 bits per heavy atom. The number of rotatable bonds is 2. The minimum Gasteiger partial charge on any atom is -0.315 e. The highest BCUT2D eigenvalue weighted by atomic mass is 79.9. The minimum atomic E-state index is 0.588. The summed E-state index contributed by atoms with van der Waals surface area (Å²) in [5.41, 5.74) is 1.20. The molecule has 4 heteroatoms. The van der Waals surface area contributed by atoms with Crippen molar-refractivity contribution in [3.05, 3.63) is 22.2 Å². The van der Waals surface area contributed by atoms with Gasteiger partial charge in [-0.2, -0.15) is 0 Å². The first kappa shape index (κ1) is 8.80. The lowest BCUT2D eigenvalue weighted by molar-refractivity contribution is 0.436. The van der Waals surface area contributed by atoms with Crippen LogP contribution in [0.25, 0.3) is 0 Å². The van der Waals surface area contributed by atoms with Gasteiger partial charge in [0.15, 0.2) is 0 Å². The van der Waals surface area contributed by atoms with Gasteiger partial charge in [0.2, 0.25) is 0 Å². The summed E-state index contributed by atoms with van der Waals surface area (Å²) in [6.45, 7) is 2.11. The number of nitrogens with zero attached hydrogens (tertiary/aromatic N) is 2. The Morgan fingerprint density at radius 1 is 1.29 bits per heavy atom. The van der Waals surface area contributed by atoms with Gasteiger partial charge in [-0.05, 0) is 28.8 Å². The highest BCUT2D eigenvalue weighted by Gasteiger charge is 2.29. The second-order valence-corrected chi connectivity index (χ2v) is 4.95. The van der Waals surface area contributed by atoms with Crippen LogP contribution in [0.3, 0.4) is 0 Å². The van der Waals surface area contributed by atoms with Crippen LogP contribution in [0.1, 0.15) is 36.2 Å². The molecule has 0 unspecified atom stereocenters. The lowest BCUT2D eigenvalue weighted by Crippen LogP contribution is -2.40. The van der Waals surface area contributed by atoms with E-state index in [4.69, 9.17) is 0 Å². The van der Waals surface area contributed by atoms with Crippen molar-refractivity contribution in [2.75, 3.05) is 13.1 Å². The van der Waals surface area contributed by atoms with Crippen LogP contribution in [0.5, 0.6) is 0 Å². The third-order valence-corrected chi connectivity index (χ3v) is 3.51. The molecule has 3 nitrogen and oxygen atoms in total. The molecule has 1 aliphatic heterocycles. The van der Waals surface area contributed by atoms with Gasteiger partial charge in [-0.3, -0.25) is 0 Å². The molecule has 1 aromatic rings. The second kappa shape index (κ2) is 3.28. The Bertz CT molecular complexity index is 358. The van der Waals surface area contributed by atoms with Crippen molar-refractivity contribution < 1.29 is 0 Å². The number of hydrogen-bond donors (Lipinski definition) is 1. The average Bonchev–Trinajstić information content (AvgIpc) is 2.88. The Labute approximate surface area is 91.5 Å². The molecular weight excluding hydrogens is 242 g/mol. The van der Waals surface area contributed by atoms with E-state index >= 15 is 0 Å². The largest absolute Gasteiger partial charge is 0.315 e.